The molecule has 24 heavy (non-hydrogen) atoms. The van der Waals surface area contributed by atoms with Gasteiger partial charge in [0, 0.05) is 37.5 Å². The van der Waals surface area contributed by atoms with Gasteiger partial charge in [-0.1, -0.05) is 0 Å². The summed E-state index contributed by atoms with van der Waals surface area (Å²) in [6, 6.07) is 1.82. The Hall–Kier alpha value is -1.89. The number of carboxylic acids is 1. The van der Waals surface area contributed by atoms with Crippen molar-refractivity contribution in [3.8, 4) is 0 Å². The van der Waals surface area contributed by atoms with Crippen LogP contribution in [0.3, 0.4) is 0 Å². The van der Waals surface area contributed by atoms with Crippen LogP contribution in [0.15, 0.2) is 16.8 Å². The third-order valence-electron chi connectivity index (χ3n) is 5.07. The number of carboxylic acid groups (broad SMARTS) is 1. The van der Waals surface area contributed by atoms with Crippen LogP contribution in [0.2, 0.25) is 0 Å². The van der Waals surface area contributed by atoms with Gasteiger partial charge in [0.05, 0.1) is 11.5 Å². The predicted octanol–water partition coefficient (Wildman–Crippen LogP) is 1.92. The van der Waals surface area contributed by atoms with Crippen molar-refractivity contribution >= 4 is 29.1 Å². The topological polar surface area (TPSA) is 77.9 Å². The summed E-state index contributed by atoms with van der Waals surface area (Å²) in [5, 5.41) is 12.8. The number of hydrogen-bond acceptors (Lipinski definition) is 4. The van der Waals surface area contributed by atoms with Crippen LogP contribution in [-0.4, -0.2) is 58.9 Å². The summed E-state index contributed by atoms with van der Waals surface area (Å²) < 4.78 is 0. The molecule has 2 fully saturated rings. The quantitative estimate of drug-likeness (QED) is 0.903. The average molecular weight is 350 g/mol. The highest BCUT2D eigenvalue weighted by Gasteiger charge is 2.33. The second-order valence-electron chi connectivity index (χ2n) is 6.52. The van der Waals surface area contributed by atoms with Gasteiger partial charge in [0.25, 0.3) is 5.91 Å². The third-order valence-corrected chi connectivity index (χ3v) is 5.76. The molecule has 2 amide bonds. The summed E-state index contributed by atoms with van der Waals surface area (Å²) in [5.41, 5.74) is 0.715. The number of carbonyl (C=O) groups is 3. The van der Waals surface area contributed by atoms with E-state index >= 15 is 0 Å². The van der Waals surface area contributed by atoms with Crippen LogP contribution in [0.4, 0.5) is 0 Å². The first-order chi connectivity index (χ1) is 11.6. The first kappa shape index (κ1) is 17.0. The third kappa shape index (κ3) is 3.61. The summed E-state index contributed by atoms with van der Waals surface area (Å²) in [6.45, 7) is 2.25. The minimum atomic E-state index is -0.749. The molecule has 1 aliphatic heterocycles. The Bertz CT molecular complexity index is 600. The van der Waals surface area contributed by atoms with E-state index in [1.54, 1.807) is 4.90 Å². The number of nitrogens with zero attached hydrogens (tertiary/aromatic N) is 2. The van der Waals surface area contributed by atoms with Gasteiger partial charge in [-0.05, 0) is 37.1 Å². The number of hydrogen-bond donors (Lipinski definition) is 1. The van der Waals surface area contributed by atoms with Gasteiger partial charge in [0.15, 0.2) is 0 Å². The number of piperazine rings is 1. The summed E-state index contributed by atoms with van der Waals surface area (Å²) in [4.78, 5) is 39.6. The van der Waals surface area contributed by atoms with E-state index < -0.39 is 5.97 Å². The van der Waals surface area contributed by atoms with Crippen LogP contribution in [0, 0.1) is 11.8 Å². The lowest BCUT2D eigenvalue weighted by Crippen LogP contribution is -2.52. The van der Waals surface area contributed by atoms with Crippen LogP contribution in [-0.2, 0) is 9.59 Å². The molecule has 1 aromatic heterocycles. The minimum absolute atomic E-state index is 0.0327. The first-order valence-corrected chi connectivity index (χ1v) is 9.33. The number of amides is 2. The largest absolute Gasteiger partial charge is 0.481 e. The molecule has 3 rings (SSSR count). The zero-order valence-corrected chi connectivity index (χ0v) is 14.3. The van der Waals surface area contributed by atoms with Crippen molar-refractivity contribution in [1.82, 2.24) is 9.80 Å². The Balaban J connectivity index is 1.49. The number of aliphatic carboxylic acids is 1. The van der Waals surface area contributed by atoms with Gasteiger partial charge in [-0.15, -0.1) is 0 Å². The van der Waals surface area contributed by atoms with Crippen LogP contribution in [0.25, 0.3) is 0 Å². The molecule has 0 atom stereocenters. The Morgan fingerprint density at radius 3 is 2.08 bits per heavy atom. The molecule has 1 N–H and O–H groups in total. The smallest absolute Gasteiger partial charge is 0.306 e. The van der Waals surface area contributed by atoms with Gasteiger partial charge < -0.3 is 14.9 Å². The maximum Gasteiger partial charge on any atom is 0.306 e. The summed E-state index contributed by atoms with van der Waals surface area (Å²) in [7, 11) is 0. The van der Waals surface area contributed by atoms with Crippen molar-refractivity contribution in [2.45, 2.75) is 25.7 Å². The SMILES string of the molecule is O=C(O)C1CCC(C(=O)N2CCN(C(=O)c3ccsc3)CC2)CC1. The summed E-state index contributed by atoms with van der Waals surface area (Å²) in [6.07, 6.45) is 2.48. The normalized spacial score (nSPS) is 24.7. The van der Waals surface area contributed by atoms with Crippen molar-refractivity contribution in [3.63, 3.8) is 0 Å². The molecule has 1 saturated carbocycles. The molecule has 0 radical (unpaired) electrons. The molecule has 0 aromatic carbocycles. The van der Waals surface area contributed by atoms with Gasteiger partial charge in [-0.2, -0.15) is 11.3 Å². The lowest BCUT2D eigenvalue weighted by molar-refractivity contribution is -0.146. The summed E-state index contributed by atoms with van der Waals surface area (Å²) >= 11 is 1.50. The van der Waals surface area contributed by atoms with E-state index in [4.69, 9.17) is 5.11 Å². The molecule has 1 aliphatic carbocycles. The maximum absolute atomic E-state index is 12.6. The fraction of sp³-hybridized carbons (Fsp3) is 0.588. The standard InChI is InChI=1S/C17H22N2O4S/c20-15(12-1-3-13(4-2-12)17(22)23)18-6-8-19(9-7-18)16(21)14-5-10-24-11-14/h5,10-13H,1-4,6-9H2,(H,22,23). The van der Waals surface area contributed by atoms with Gasteiger partial charge >= 0.3 is 5.97 Å². The molecule has 0 unspecified atom stereocenters. The van der Waals surface area contributed by atoms with Crippen molar-refractivity contribution in [3.05, 3.63) is 22.4 Å². The second kappa shape index (κ2) is 7.34. The van der Waals surface area contributed by atoms with Crippen molar-refractivity contribution < 1.29 is 19.5 Å². The van der Waals surface area contributed by atoms with Crippen LogP contribution < -0.4 is 0 Å². The van der Waals surface area contributed by atoms with E-state index in [0.717, 1.165) is 0 Å². The van der Waals surface area contributed by atoms with Gasteiger partial charge in [0.1, 0.15) is 0 Å². The van der Waals surface area contributed by atoms with Crippen LogP contribution >= 0.6 is 11.3 Å². The van der Waals surface area contributed by atoms with Gasteiger partial charge in [-0.3, -0.25) is 14.4 Å². The molecule has 2 aliphatic rings. The molecule has 1 saturated heterocycles. The van der Waals surface area contributed by atoms with Crippen LogP contribution in [0.5, 0.6) is 0 Å². The first-order valence-electron chi connectivity index (χ1n) is 8.39. The highest BCUT2D eigenvalue weighted by molar-refractivity contribution is 7.08. The fourth-order valence-electron chi connectivity index (χ4n) is 3.54. The van der Waals surface area contributed by atoms with Crippen molar-refractivity contribution in [1.29, 1.82) is 0 Å². The average Bonchev–Trinajstić information content (AvgIpc) is 3.15. The lowest BCUT2D eigenvalue weighted by Gasteiger charge is -2.37. The predicted molar refractivity (Wildman–Crippen MR) is 89.9 cm³/mol. The Labute approximate surface area is 145 Å². The van der Waals surface area contributed by atoms with Gasteiger partial charge in [0.2, 0.25) is 5.91 Å². The molecule has 0 bridgehead atoms. The van der Waals surface area contributed by atoms with E-state index in [1.807, 2.05) is 21.7 Å². The fourth-order valence-corrected chi connectivity index (χ4v) is 4.17. The molecule has 1 aromatic rings. The van der Waals surface area contributed by atoms with E-state index in [9.17, 15) is 14.4 Å². The second-order valence-corrected chi connectivity index (χ2v) is 7.30. The molecule has 0 spiro atoms. The Morgan fingerprint density at radius 1 is 0.958 bits per heavy atom. The monoisotopic (exact) mass is 350 g/mol. The molecular weight excluding hydrogens is 328 g/mol. The Morgan fingerprint density at radius 2 is 1.54 bits per heavy atom. The highest BCUT2D eigenvalue weighted by Crippen LogP contribution is 2.30. The van der Waals surface area contributed by atoms with Gasteiger partial charge in [-0.25, -0.2) is 0 Å². The van der Waals surface area contributed by atoms with E-state index in [2.05, 4.69) is 0 Å². The highest BCUT2D eigenvalue weighted by atomic mass is 32.1. The minimum Gasteiger partial charge on any atom is -0.481 e. The molecular formula is C17H22N2O4S. The van der Waals surface area contributed by atoms with Crippen molar-refractivity contribution in [2.75, 3.05) is 26.2 Å². The van der Waals surface area contributed by atoms with E-state index in [1.165, 1.54) is 11.3 Å². The maximum atomic E-state index is 12.6. The van der Waals surface area contributed by atoms with E-state index in [-0.39, 0.29) is 23.7 Å². The van der Waals surface area contributed by atoms with Crippen molar-refractivity contribution in [2.24, 2.45) is 11.8 Å². The lowest BCUT2D eigenvalue weighted by atomic mass is 9.81. The number of rotatable bonds is 3. The molecule has 6 nitrogen and oxygen atoms in total. The molecule has 130 valence electrons. The van der Waals surface area contributed by atoms with E-state index in [0.29, 0.717) is 57.4 Å². The zero-order chi connectivity index (χ0) is 17.1. The molecule has 7 heteroatoms. The Kier molecular flexibility index (Phi) is 5.18. The van der Waals surface area contributed by atoms with Crippen LogP contribution in [0.1, 0.15) is 36.0 Å². The summed E-state index contributed by atoms with van der Waals surface area (Å²) in [5.74, 6) is -0.943. The number of thiophene rings is 1. The zero-order valence-electron chi connectivity index (χ0n) is 13.5. The molecule has 2 heterocycles. The number of carbonyl (C=O) groups excluding carboxylic acids is 2.